The van der Waals surface area contributed by atoms with Crippen LogP contribution in [0.4, 0.5) is 0 Å². The number of aliphatic hydroxyl groups excluding tert-OH is 1. The van der Waals surface area contributed by atoms with Crippen molar-refractivity contribution in [2.45, 2.75) is 93.9 Å². The second-order valence-corrected chi connectivity index (χ2v) is 13.9. The fraction of sp³-hybridized carbons (Fsp3) is 0.514. The van der Waals surface area contributed by atoms with E-state index < -0.39 is 27.8 Å². The molecule has 2 aliphatic rings. The quantitative estimate of drug-likeness (QED) is 0.0805. The third-order valence-corrected chi connectivity index (χ3v) is 10.1. The highest BCUT2D eigenvalue weighted by Gasteiger charge is 2.78. The highest BCUT2D eigenvalue weighted by Crippen LogP contribution is 2.75. The van der Waals surface area contributed by atoms with Crippen molar-refractivity contribution in [1.29, 1.82) is 0 Å². The number of allylic oxidation sites excluding steroid dienone is 7. The first kappa shape index (κ1) is 33.2. The Bertz CT molecular complexity index is 1380. The van der Waals surface area contributed by atoms with E-state index in [-0.39, 0.29) is 40.3 Å². The minimum Gasteiger partial charge on any atom is -0.506 e. The Kier molecular flexibility index (Phi) is 9.56. The summed E-state index contributed by atoms with van der Waals surface area (Å²) in [6.45, 7) is 24.8. The monoisotopic (exact) mass is 574 g/mol. The van der Waals surface area contributed by atoms with Gasteiger partial charge in [-0.3, -0.25) is 9.59 Å². The van der Waals surface area contributed by atoms with E-state index >= 15 is 0 Å². The summed E-state index contributed by atoms with van der Waals surface area (Å²) in [5.41, 5.74) is 1.48. The molecule has 0 aromatic heterocycles. The number of benzene rings is 1. The lowest BCUT2D eigenvalue weighted by Crippen LogP contribution is -2.49. The molecule has 1 unspecified atom stereocenters. The van der Waals surface area contributed by atoms with Crippen LogP contribution in [0, 0.1) is 28.1 Å². The standard InChI is InChI=1S/C37H50O5/c1-22(2)11-13-27(25(7)8)20-36-21-28(15-12-23(3)4)35(9,10)37(36,18-17-24(5)6)34(42)31(33(36)41)32(40)26-14-16-29(38)30(39)19-26/h12,14,16-17,19,27-28,38-40H,1,7,11,13,15,18,20-21H2,2-6,8-10H3/t27-,28+,36?,37+/m1/s1. The SMILES string of the molecule is C=C(C)CC[C@H](CC12C[C@H](CC=C(C)C)C(C)(C)[C@]1(CC=C(C)C)C(=O)C(=C(O)c1ccc(O)c(O)c1)C2=O)C(=C)C. The molecule has 5 heteroatoms. The van der Waals surface area contributed by atoms with Crippen LogP contribution in [0.3, 0.4) is 0 Å². The molecule has 0 saturated heterocycles. The molecule has 0 radical (unpaired) electrons. The number of phenols is 2. The van der Waals surface area contributed by atoms with Gasteiger partial charge < -0.3 is 15.3 Å². The Balaban J connectivity index is 2.39. The molecule has 42 heavy (non-hydrogen) atoms. The molecule has 1 aromatic carbocycles. The van der Waals surface area contributed by atoms with Gasteiger partial charge in [-0.25, -0.2) is 0 Å². The Morgan fingerprint density at radius 1 is 0.976 bits per heavy atom. The van der Waals surface area contributed by atoms with E-state index in [9.17, 15) is 24.9 Å². The smallest absolute Gasteiger partial charge is 0.178 e. The largest absolute Gasteiger partial charge is 0.506 e. The first-order valence-corrected chi connectivity index (χ1v) is 15.0. The Labute approximate surface area is 252 Å². The molecule has 4 atom stereocenters. The molecule has 3 N–H and O–H groups in total. The average Bonchev–Trinajstić information content (AvgIpc) is 3.19. The summed E-state index contributed by atoms with van der Waals surface area (Å²) in [6, 6.07) is 3.84. The fourth-order valence-electron chi connectivity index (χ4n) is 7.58. The number of rotatable bonds is 11. The first-order chi connectivity index (χ1) is 19.4. The topological polar surface area (TPSA) is 94.8 Å². The molecule has 2 aliphatic carbocycles. The second kappa shape index (κ2) is 12.1. The number of aromatic hydroxyl groups is 2. The van der Waals surface area contributed by atoms with E-state index in [1.807, 2.05) is 27.7 Å². The molecule has 228 valence electrons. The number of fused-ring (bicyclic) bond motifs is 1. The Morgan fingerprint density at radius 2 is 1.60 bits per heavy atom. The van der Waals surface area contributed by atoms with Crippen LogP contribution in [0.1, 0.15) is 99.5 Å². The summed E-state index contributed by atoms with van der Waals surface area (Å²) in [4.78, 5) is 30.0. The minimum absolute atomic E-state index is 0.0123. The molecule has 1 aromatic rings. The number of carbonyl (C=O) groups excluding carboxylic acids is 2. The molecular formula is C37H50O5. The molecule has 3 rings (SSSR count). The Hall–Kier alpha value is -3.34. The van der Waals surface area contributed by atoms with E-state index in [4.69, 9.17) is 0 Å². The predicted octanol–water partition coefficient (Wildman–Crippen LogP) is 9.19. The van der Waals surface area contributed by atoms with Gasteiger partial charge >= 0.3 is 0 Å². The van der Waals surface area contributed by atoms with E-state index in [1.165, 1.54) is 23.8 Å². The summed E-state index contributed by atoms with van der Waals surface area (Å²) < 4.78 is 0. The molecule has 2 saturated carbocycles. The zero-order valence-electron chi connectivity index (χ0n) is 26.9. The van der Waals surface area contributed by atoms with Gasteiger partial charge in [0.2, 0.25) is 0 Å². The van der Waals surface area contributed by atoms with Gasteiger partial charge in [-0.1, -0.05) is 54.9 Å². The van der Waals surface area contributed by atoms with Crippen LogP contribution in [0.2, 0.25) is 0 Å². The van der Waals surface area contributed by atoms with E-state index in [1.54, 1.807) is 0 Å². The van der Waals surface area contributed by atoms with E-state index in [0.29, 0.717) is 19.3 Å². The van der Waals surface area contributed by atoms with E-state index in [0.717, 1.165) is 36.0 Å². The number of phenolic OH excluding ortho intramolecular Hbond substituents is 2. The average molecular weight is 575 g/mol. The summed E-state index contributed by atoms with van der Waals surface area (Å²) in [5, 5.41) is 31.6. The predicted molar refractivity (Wildman–Crippen MR) is 171 cm³/mol. The van der Waals surface area contributed by atoms with Gasteiger partial charge in [0.25, 0.3) is 0 Å². The molecule has 0 bridgehead atoms. The number of hydrogen-bond acceptors (Lipinski definition) is 5. The van der Waals surface area contributed by atoms with Crippen molar-refractivity contribution < 1.29 is 24.9 Å². The lowest BCUT2D eigenvalue weighted by Gasteiger charge is -2.47. The number of ketones is 2. The van der Waals surface area contributed by atoms with Gasteiger partial charge in [-0.15, -0.1) is 6.58 Å². The molecule has 0 spiro atoms. The number of carbonyl (C=O) groups is 2. The molecule has 0 aliphatic heterocycles. The van der Waals surface area contributed by atoms with Gasteiger partial charge in [0.15, 0.2) is 23.1 Å². The van der Waals surface area contributed by atoms with Gasteiger partial charge in [-0.2, -0.15) is 0 Å². The van der Waals surface area contributed by atoms with Crippen molar-refractivity contribution in [3.05, 3.63) is 76.9 Å². The lowest BCUT2D eigenvalue weighted by atomic mass is 9.53. The van der Waals surface area contributed by atoms with Crippen molar-refractivity contribution in [1.82, 2.24) is 0 Å². The molecule has 0 amide bonds. The third kappa shape index (κ3) is 5.55. The zero-order chi connectivity index (χ0) is 31.8. The van der Waals surface area contributed by atoms with Crippen LogP contribution in [0.15, 0.2) is 71.4 Å². The third-order valence-electron chi connectivity index (χ3n) is 10.1. The maximum Gasteiger partial charge on any atom is 0.178 e. The molecular weight excluding hydrogens is 524 g/mol. The van der Waals surface area contributed by atoms with Crippen molar-refractivity contribution >= 4 is 17.3 Å². The lowest BCUT2D eigenvalue weighted by molar-refractivity contribution is -0.140. The maximum absolute atomic E-state index is 15.0. The van der Waals surface area contributed by atoms with Crippen LogP contribution in [0.5, 0.6) is 11.5 Å². The highest BCUT2D eigenvalue weighted by atomic mass is 16.3. The summed E-state index contributed by atoms with van der Waals surface area (Å²) in [6.07, 6.45) is 7.98. The zero-order valence-corrected chi connectivity index (χ0v) is 26.9. The van der Waals surface area contributed by atoms with Crippen molar-refractivity contribution in [3.8, 4) is 11.5 Å². The van der Waals surface area contributed by atoms with Crippen molar-refractivity contribution in [3.63, 3.8) is 0 Å². The van der Waals surface area contributed by atoms with Gasteiger partial charge in [0, 0.05) is 11.0 Å². The van der Waals surface area contributed by atoms with Crippen LogP contribution in [0.25, 0.3) is 5.76 Å². The van der Waals surface area contributed by atoms with E-state index in [2.05, 4.69) is 53.0 Å². The number of aliphatic hydroxyl groups is 1. The van der Waals surface area contributed by atoms with Crippen LogP contribution < -0.4 is 0 Å². The maximum atomic E-state index is 15.0. The highest BCUT2D eigenvalue weighted by molar-refractivity contribution is 6.34. The normalized spacial score (nSPS) is 26.4. The van der Waals surface area contributed by atoms with Crippen LogP contribution >= 0.6 is 0 Å². The van der Waals surface area contributed by atoms with Crippen molar-refractivity contribution in [2.75, 3.05) is 0 Å². The number of Topliss-reactive ketones (excluding diaryl/α,β-unsaturated/α-hetero) is 2. The fourth-order valence-corrected chi connectivity index (χ4v) is 7.58. The molecule has 0 heterocycles. The van der Waals surface area contributed by atoms with Gasteiger partial charge in [0.1, 0.15) is 11.3 Å². The minimum atomic E-state index is -1.09. The summed E-state index contributed by atoms with van der Waals surface area (Å²) in [5.74, 6) is -1.83. The summed E-state index contributed by atoms with van der Waals surface area (Å²) in [7, 11) is 0. The molecule has 5 nitrogen and oxygen atoms in total. The Morgan fingerprint density at radius 3 is 2.12 bits per heavy atom. The van der Waals surface area contributed by atoms with Gasteiger partial charge in [-0.05, 0) is 116 Å². The first-order valence-electron chi connectivity index (χ1n) is 15.0. The number of hydrogen-bond donors (Lipinski definition) is 3. The van der Waals surface area contributed by atoms with Gasteiger partial charge in [0.05, 0.1) is 5.41 Å². The van der Waals surface area contributed by atoms with Crippen LogP contribution in [-0.2, 0) is 9.59 Å². The van der Waals surface area contributed by atoms with Crippen molar-refractivity contribution in [2.24, 2.45) is 28.1 Å². The summed E-state index contributed by atoms with van der Waals surface area (Å²) >= 11 is 0. The van der Waals surface area contributed by atoms with Crippen LogP contribution in [-0.4, -0.2) is 26.9 Å². The second-order valence-electron chi connectivity index (χ2n) is 13.9. The molecule has 2 fully saturated rings.